The summed E-state index contributed by atoms with van der Waals surface area (Å²) >= 11 is 0. The molecule has 3 rings (SSSR count). The number of nitrogens with zero attached hydrogens (tertiary/aromatic N) is 1. The third-order valence-electron chi connectivity index (χ3n) is 1.70. The molecule has 0 radical (unpaired) electrons. The van der Waals surface area contributed by atoms with E-state index in [1.165, 1.54) is 12.5 Å². The van der Waals surface area contributed by atoms with Gasteiger partial charge in [0.05, 0.1) is 6.33 Å². The fraction of sp³-hybridized carbons (Fsp3) is 0. The predicted octanol–water partition coefficient (Wildman–Crippen LogP) is 2.34. The van der Waals surface area contributed by atoms with Gasteiger partial charge in [-0.2, -0.15) is 0 Å². The molecule has 0 amide bonds. The van der Waals surface area contributed by atoms with Crippen LogP contribution in [-0.4, -0.2) is 9.97 Å². The molecule has 4 nitrogen and oxygen atoms in total. The van der Waals surface area contributed by atoms with Crippen LogP contribution < -0.4 is 9.47 Å². The molecule has 0 bridgehead atoms. The molecule has 0 saturated carbocycles. The Hall–Kier alpha value is -2.23. The molecule has 1 aromatic carbocycles. The van der Waals surface area contributed by atoms with Crippen LogP contribution in [0.5, 0.6) is 11.5 Å². The zero-order valence-corrected chi connectivity index (χ0v) is 7.96. The van der Waals surface area contributed by atoms with Crippen molar-refractivity contribution in [3.8, 4) is 11.5 Å². The fourth-order valence-electron chi connectivity index (χ4n) is 1.06. The summed E-state index contributed by atoms with van der Waals surface area (Å²) in [6.07, 6.45) is 8.12. The molecular formula is C11H10N2O2. The zero-order chi connectivity index (χ0) is 10.3. The van der Waals surface area contributed by atoms with E-state index in [-0.39, 0.29) is 0 Å². The molecule has 0 spiro atoms. The molecule has 4 heteroatoms. The van der Waals surface area contributed by atoms with Crippen molar-refractivity contribution in [1.82, 2.24) is 9.97 Å². The average molecular weight is 202 g/mol. The average Bonchev–Trinajstić information content (AvgIpc) is 2.88. The SMILES string of the molecule is C1=COc2ccccc2O1.c1c[nH]cn1. The van der Waals surface area contributed by atoms with Crippen molar-refractivity contribution >= 4 is 0 Å². The first-order chi connectivity index (χ1) is 7.47. The van der Waals surface area contributed by atoms with Crippen molar-refractivity contribution < 1.29 is 9.47 Å². The Morgan fingerprint density at radius 3 is 2.07 bits per heavy atom. The number of hydrogen-bond acceptors (Lipinski definition) is 3. The number of aromatic amines is 1. The van der Waals surface area contributed by atoms with E-state index in [9.17, 15) is 0 Å². The van der Waals surface area contributed by atoms with Crippen LogP contribution >= 0.6 is 0 Å². The van der Waals surface area contributed by atoms with Gasteiger partial charge in [-0.25, -0.2) is 4.98 Å². The number of nitrogens with one attached hydrogen (secondary N) is 1. The minimum absolute atomic E-state index is 0.769. The van der Waals surface area contributed by atoms with Gasteiger partial charge < -0.3 is 14.5 Å². The number of para-hydroxylation sites is 2. The molecule has 1 aliphatic heterocycles. The van der Waals surface area contributed by atoms with E-state index in [0.29, 0.717) is 0 Å². The Morgan fingerprint density at radius 1 is 1.00 bits per heavy atom. The summed E-state index contributed by atoms with van der Waals surface area (Å²) in [6, 6.07) is 7.53. The Kier molecular flexibility index (Phi) is 3.02. The molecule has 0 fully saturated rings. The van der Waals surface area contributed by atoms with Crippen molar-refractivity contribution in [2.24, 2.45) is 0 Å². The number of rotatable bonds is 0. The summed E-state index contributed by atoms with van der Waals surface area (Å²) in [4.78, 5) is 6.42. The third-order valence-corrected chi connectivity index (χ3v) is 1.70. The van der Waals surface area contributed by atoms with Gasteiger partial charge in [-0.3, -0.25) is 0 Å². The summed E-state index contributed by atoms with van der Waals surface area (Å²) in [5, 5.41) is 0. The molecule has 15 heavy (non-hydrogen) atoms. The van der Waals surface area contributed by atoms with E-state index in [2.05, 4.69) is 9.97 Å². The highest BCUT2D eigenvalue weighted by Crippen LogP contribution is 2.28. The van der Waals surface area contributed by atoms with Crippen molar-refractivity contribution in [2.45, 2.75) is 0 Å². The second kappa shape index (κ2) is 4.85. The highest BCUT2D eigenvalue weighted by molar-refractivity contribution is 5.41. The minimum atomic E-state index is 0.769. The van der Waals surface area contributed by atoms with Crippen LogP contribution in [0.25, 0.3) is 0 Å². The minimum Gasteiger partial charge on any atom is -0.458 e. The standard InChI is InChI=1S/C8H6O2.C3H4N2/c1-2-4-8-7(3-1)9-5-6-10-8;1-2-5-3-4-1/h1-6H;1-3H,(H,4,5). The number of imidazole rings is 1. The molecule has 0 saturated heterocycles. The molecule has 76 valence electrons. The van der Waals surface area contributed by atoms with Crippen LogP contribution in [0.1, 0.15) is 0 Å². The number of ether oxygens (including phenoxy) is 2. The first-order valence-electron chi connectivity index (χ1n) is 4.47. The van der Waals surface area contributed by atoms with Gasteiger partial charge in [0.15, 0.2) is 11.5 Å². The Labute approximate surface area is 87.2 Å². The number of fused-ring (bicyclic) bond motifs is 1. The molecule has 1 aliphatic rings. The van der Waals surface area contributed by atoms with Gasteiger partial charge in [-0.05, 0) is 12.1 Å². The number of hydrogen-bond donors (Lipinski definition) is 1. The summed E-state index contributed by atoms with van der Waals surface area (Å²) in [7, 11) is 0. The molecule has 1 N–H and O–H groups in total. The first-order valence-corrected chi connectivity index (χ1v) is 4.47. The van der Waals surface area contributed by atoms with Gasteiger partial charge in [0.1, 0.15) is 12.5 Å². The number of aromatic nitrogens is 2. The highest BCUT2D eigenvalue weighted by atomic mass is 16.5. The van der Waals surface area contributed by atoms with E-state index in [0.717, 1.165) is 11.5 Å². The van der Waals surface area contributed by atoms with Crippen LogP contribution in [0.15, 0.2) is 55.5 Å². The quantitative estimate of drug-likeness (QED) is 0.713. The van der Waals surface area contributed by atoms with E-state index in [1.807, 2.05) is 24.3 Å². The van der Waals surface area contributed by atoms with Gasteiger partial charge in [0.25, 0.3) is 0 Å². The topological polar surface area (TPSA) is 47.1 Å². The molecule has 0 aliphatic carbocycles. The second-order valence-electron chi connectivity index (χ2n) is 2.72. The molecular weight excluding hydrogens is 192 g/mol. The van der Waals surface area contributed by atoms with E-state index in [4.69, 9.17) is 9.47 Å². The summed E-state index contributed by atoms with van der Waals surface area (Å²) in [6.45, 7) is 0. The molecule has 0 atom stereocenters. The van der Waals surface area contributed by atoms with Gasteiger partial charge in [-0.1, -0.05) is 12.1 Å². The Morgan fingerprint density at radius 2 is 1.67 bits per heavy atom. The van der Waals surface area contributed by atoms with Gasteiger partial charge in [-0.15, -0.1) is 0 Å². The maximum atomic E-state index is 5.12. The van der Waals surface area contributed by atoms with Crippen molar-refractivity contribution in [3.05, 3.63) is 55.5 Å². The predicted molar refractivity (Wildman–Crippen MR) is 55.4 cm³/mol. The molecule has 1 aromatic heterocycles. The van der Waals surface area contributed by atoms with Crippen molar-refractivity contribution in [1.29, 1.82) is 0 Å². The van der Waals surface area contributed by atoms with Crippen molar-refractivity contribution in [3.63, 3.8) is 0 Å². The highest BCUT2D eigenvalue weighted by Gasteiger charge is 2.03. The van der Waals surface area contributed by atoms with Crippen LogP contribution in [0, 0.1) is 0 Å². The summed E-state index contributed by atoms with van der Waals surface area (Å²) in [5.74, 6) is 1.54. The summed E-state index contributed by atoms with van der Waals surface area (Å²) < 4.78 is 10.2. The maximum Gasteiger partial charge on any atom is 0.169 e. The van der Waals surface area contributed by atoms with E-state index >= 15 is 0 Å². The van der Waals surface area contributed by atoms with Gasteiger partial charge >= 0.3 is 0 Å². The molecule has 2 heterocycles. The van der Waals surface area contributed by atoms with Gasteiger partial charge in [0, 0.05) is 12.4 Å². The fourth-order valence-corrected chi connectivity index (χ4v) is 1.06. The van der Waals surface area contributed by atoms with Gasteiger partial charge in [0.2, 0.25) is 0 Å². The lowest BCUT2D eigenvalue weighted by Gasteiger charge is -2.10. The lowest BCUT2D eigenvalue weighted by Crippen LogP contribution is -1.94. The lowest BCUT2D eigenvalue weighted by atomic mass is 10.3. The maximum absolute atomic E-state index is 5.12. The molecule has 0 unspecified atom stereocenters. The smallest absolute Gasteiger partial charge is 0.169 e. The van der Waals surface area contributed by atoms with E-state index in [1.54, 1.807) is 18.7 Å². The Bertz CT molecular complexity index is 380. The Balaban J connectivity index is 0.000000144. The largest absolute Gasteiger partial charge is 0.458 e. The third kappa shape index (κ3) is 2.60. The van der Waals surface area contributed by atoms with E-state index < -0.39 is 0 Å². The summed E-state index contributed by atoms with van der Waals surface area (Å²) in [5.41, 5.74) is 0. The second-order valence-corrected chi connectivity index (χ2v) is 2.72. The molecule has 2 aromatic rings. The van der Waals surface area contributed by atoms with Crippen LogP contribution in [0.3, 0.4) is 0 Å². The zero-order valence-electron chi connectivity index (χ0n) is 7.96. The monoisotopic (exact) mass is 202 g/mol. The normalized spacial score (nSPS) is 11.5. The van der Waals surface area contributed by atoms with Crippen LogP contribution in [0.2, 0.25) is 0 Å². The van der Waals surface area contributed by atoms with Crippen LogP contribution in [0.4, 0.5) is 0 Å². The van der Waals surface area contributed by atoms with Crippen molar-refractivity contribution in [2.75, 3.05) is 0 Å². The number of benzene rings is 1. The first kappa shape index (κ1) is 9.33. The van der Waals surface area contributed by atoms with Crippen LogP contribution in [-0.2, 0) is 0 Å². The number of H-pyrrole nitrogens is 1. The lowest BCUT2D eigenvalue weighted by molar-refractivity contribution is 0.362.